The van der Waals surface area contributed by atoms with E-state index in [1.54, 1.807) is 0 Å². The number of rotatable bonds is 9. The lowest BCUT2D eigenvalue weighted by Crippen LogP contribution is -2.47. The number of pyridine rings is 1. The molecule has 1 aromatic heterocycles. The van der Waals surface area contributed by atoms with E-state index in [0.29, 0.717) is 19.1 Å². The molecule has 0 saturated heterocycles. The number of hydrogen-bond donors (Lipinski definition) is 1. The molecule has 4 aromatic rings. The minimum Gasteiger partial charge on any atom is -0.473 e. The predicted octanol–water partition coefficient (Wildman–Crippen LogP) is 6.16. The average Bonchev–Trinajstić information content (AvgIpc) is 2.89. The van der Waals surface area contributed by atoms with Gasteiger partial charge in [-0.3, -0.25) is 4.84 Å². The molecule has 1 aliphatic carbocycles. The van der Waals surface area contributed by atoms with E-state index in [0.717, 1.165) is 42.5 Å². The number of fused-ring (bicyclic) bond motifs is 1. The number of hydroxylamine groups is 1. The highest BCUT2D eigenvalue weighted by molar-refractivity contribution is 5.37. The Morgan fingerprint density at radius 2 is 1.32 bits per heavy atom. The van der Waals surface area contributed by atoms with E-state index in [9.17, 15) is 0 Å². The van der Waals surface area contributed by atoms with Crippen LogP contribution in [0.1, 0.15) is 40.8 Å². The van der Waals surface area contributed by atoms with Gasteiger partial charge in [-0.05, 0) is 54.0 Å². The van der Waals surface area contributed by atoms with Crippen molar-refractivity contribution >= 4 is 0 Å². The molecule has 1 N–H and O–H groups in total. The molecule has 34 heavy (non-hydrogen) atoms. The van der Waals surface area contributed by atoms with Crippen molar-refractivity contribution < 1.29 is 9.57 Å². The van der Waals surface area contributed by atoms with Crippen molar-refractivity contribution in [3.63, 3.8) is 0 Å². The van der Waals surface area contributed by atoms with Crippen molar-refractivity contribution in [2.75, 3.05) is 0 Å². The number of aryl methyl sites for hydroxylation is 1. The van der Waals surface area contributed by atoms with Crippen molar-refractivity contribution in [1.29, 1.82) is 0 Å². The second kappa shape index (κ2) is 10.6. The fourth-order valence-electron chi connectivity index (χ4n) is 4.71. The average molecular weight is 451 g/mol. The number of nitrogens with zero attached hydrogens (tertiary/aromatic N) is 1. The third kappa shape index (κ3) is 5.36. The molecule has 5 rings (SSSR count). The van der Waals surface area contributed by atoms with E-state index in [2.05, 4.69) is 66.1 Å². The maximum absolute atomic E-state index is 6.12. The summed E-state index contributed by atoms with van der Waals surface area (Å²) in [4.78, 5) is 11.0. The van der Waals surface area contributed by atoms with Gasteiger partial charge in [-0.1, -0.05) is 91.0 Å². The van der Waals surface area contributed by atoms with Crippen LogP contribution in [-0.4, -0.2) is 4.98 Å². The third-order valence-corrected chi connectivity index (χ3v) is 6.41. The van der Waals surface area contributed by atoms with Crippen LogP contribution in [0.5, 0.6) is 5.88 Å². The topological polar surface area (TPSA) is 43.4 Å². The van der Waals surface area contributed by atoms with Crippen LogP contribution in [0.4, 0.5) is 0 Å². The molecule has 1 aliphatic rings. The van der Waals surface area contributed by atoms with Crippen molar-refractivity contribution in [3.8, 4) is 5.88 Å². The summed E-state index contributed by atoms with van der Waals surface area (Å²) in [6, 6.07) is 35.2. The second-order valence-electron chi connectivity index (χ2n) is 8.89. The highest BCUT2D eigenvalue weighted by Gasteiger charge is 2.38. The van der Waals surface area contributed by atoms with E-state index in [1.807, 2.05) is 42.5 Å². The number of benzene rings is 3. The molecule has 0 amide bonds. The van der Waals surface area contributed by atoms with Crippen molar-refractivity contribution in [2.24, 2.45) is 0 Å². The Balaban J connectivity index is 1.38. The zero-order chi connectivity index (χ0) is 23.1. The van der Waals surface area contributed by atoms with Gasteiger partial charge in [-0.2, -0.15) is 5.48 Å². The lowest BCUT2D eigenvalue weighted by atomic mass is 9.75. The van der Waals surface area contributed by atoms with E-state index in [-0.39, 0.29) is 5.54 Å². The van der Waals surface area contributed by atoms with E-state index < -0.39 is 0 Å². The summed E-state index contributed by atoms with van der Waals surface area (Å²) in [5.74, 6) is 0.670. The smallest absolute Gasteiger partial charge is 0.213 e. The fourth-order valence-corrected chi connectivity index (χ4v) is 4.71. The molecule has 172 valence electrons. The molecule has 4 nitrogen and oxygen atoms in total. The van der Waals surface area contributed by atoms with Gasteiger partial charge >= 0.3 is 0 Å². The van der Waals surface area contributed by atoms with E-state index in [1.165, 1.54) is 11.1 Å². The zero-order valence-corrected chi connectivity index (χ0v) is 19.3. The normalized spacial score (nSPS) is 17.2. The molecule has 3 aromatic carbocycles. The van der Waals surface area contributed by atoms with Gasteiger partial charge in [0.2, 0.25) is 5.88 Å². The molecular weight excluding hydrogens is 420 g/mol. The Kier molecular flexibility index (Phi) is 6.99. The Bertz CT molecular complexity index is 1180. The first-order valence-corrected chi connectivity index (χ1v) is 11.9. The molecule has 0 fully saturated rings. The Morgan fingerprint density at radius 3 is 2.00 bits per heavy atom. The van der Waals surface area contributed by atoms with Gasteiger partial charge in [0.15, 0.2) is 0 Å². The maximum atomic E-state index is 6.12. The van der Waals surface area contributed by atoms with E-state index in [4.69, 9.17) is 14.6 Å². The van der Waals surface area contributed by atoms with Crippen LogP contribution in [0.15, 0.2) is 103 Å². The van der Waals surface area contributed by atoms with Gasteiger partial charge in [0.25, 0.3) is 0 Å². The minimum atomic E-state index is -0.339. The van der Waals surface area contributed by atoms with Gasteiger partial charge in [0.1, 0.15) is 6.61 Å². The Labute approximate surface area is 201 Å². The Morgan fingerprint density at radius 1 is 0.706 bits per heavy atom. The summed E-state index contributed by atoms with van der Waals surface area (Å²) >= 11 is 0. The molecule has 0 spiro atoms. The van der Waals surface area contributed by atoms with Crippen LogP contribution in [-0.2, 0) is 36.4 Å². The van der Waals surface area contributed by atoms with Crippen molar-refractivity contribution in [1.82, 2.24) is 10.5 Å². The van der Waals surface area contributed by atoms with Gasteiger partial charge in [-0.25, -0.2) is 4.98 Å². The molecule has 1 atom stereocenters. The lowest BCUT2D eigenvalue weighted by Gasteiger charge is -2.39. The maximum Gasteiger partial charge on any atom is 0.213 e. The monoisotopic (exact) mass is 450 g/mol. The Hall–Kier alpha value is -3.47. The molecular formula is C30H30N2O2. The standard InChI is InChI=1S/C30H30N2O2/c1-4-11-24(12-5-1)21-30(32-34-23-26-15-8-3-9-16-26)20-10-17-28-27(30)18-19-29(31-28)33-22-25-13-6-2-7-14-25/h1-9,11-16,18-19,32H,10,17,20-23H2. The van der Waals surface area contributed by atoms with Crippen LogP contribution in [0, 0.1) is 0 Å². The van der Waals surface area contributed by atoms with Gasteiger partial charge in [0.05, 0.1) is 12.1 Å². The first kappa shape index (κ1) is 22.3. The largest absolute Gasteiger partial charge is 0.473 e. The van der Waals surface area contributed by atoms with Crippen LogP contribution in [0.25, 0.3) is 0 Å². The van der Waals surface area contributed by atoms with Crippen molar-refractivity contribution in [2.45, 2.75) is 44.4 Å². The molecule has 1 heterocycles. The highest BCUT2D eigenvalue weighted by Crippen LogP contribution is 2.38. The SMILES string of the molecule is c1ccc(CONC2(Cc3ccccc3)CCCc3nc(OCc4ccccc4)ccc32)cc1. The van der Waals surface area contributed by atoms with Gasteiger partial charge < -0.3 is 4.74 Å². The summed E-state index contributed by atoms with van der Waals surface area (Å²) in [6.45, 7) is 1.03. The first-order valence-electron chi connectivity index (χ1n) is 11.9. The quantitative estimate of drug-likeness (QED) is 0.310. The summed E-state index contributed by atoms with van der Waals surface area (Å²) in [6.07, 6.45) is 3.79. The molecule has 4 heteroatoms. The van der Waals surface area contributed by atoms with Crippen LogP contribution >= 0.6 is 0 Å². The van der Waals surface area contributed by atoms with Gasteiger partial charge in [0, 0.05) is 11.8 Å². The predicted molar refractivity (Wildman–Crippen MR) is 134 cm³/mol. The number of aromatic nitrogens is 1. The third-order valence-electron chi connectivity index (χ3n) is 6.41. The number of nitrogens with one attached hydrogen (secondary N) is 1. The summed E-state index contributed by atoms with van der Waals surface area (Å²) in [7, 11) is 0. The lowest BCUT2D eigenvalue weighted by molar-refractivity contribution is -0.0440. The minimum absolute atomic E-state index is 0.339. The first-order chi connectivity index (χ1) is 16.8. The number of ether oxygens (including phenoxy) is 1. The summed E-state index contributed by atoms with van der Waals surface area (Å²) in [5.41, 5.74) is 8.98. The summed E-state index contributed by atoms with van der Waals surface area (Å²) in [5, 5.41) is 0. The molecule has 0 saturated carbocycles. The molecule has 0 radical (unpaired) electrons. The van der Waals surface area contributed by atoms with Gasteiger partial charge in [-0.15, -0.1) is 0 Å². The van der Waals surface area contributed by atoms with Crippen LogP contribution < -0.4 is 10.2 Å². The van der Waals surface area contributed by atoms with Crippen LogP contribution in [0.3, 0.4) is 0 Å². The van der Waals surface area contributed by atoms with Crippen LogP contribution in [0.2, 0.25) is 0 Å². The second-order valence-corrected chi connectivity index (χ2v) is 8.89. The molecule has 1 unspecified atom stereocenters. The number of hydrogen-bond acceptors (Lipinski definition) is 4. The summed E-state index contributed by atoms with van der Waals surface area (Å²) < 4.78 is 6.02. The zero-order valence-electron chi connectivity index (χ0n) is 19.3. The molecule has 0 bridgehead atoms. The van der Waals surface area contributed by atoms with E-state index >= 15 is 0 Å². The fraction of sp³-hybridized carbons (Fsp3) is 0.233. The molecule has 0 aliphatic heterocycles. The highest BCUT2D eigenvalue weighted by atomic mass is 16.6. The van der Waals surface area contributed by atoms with Crippen molar-refractivity contribution in [3.05, 3.63) is 131 Å².